The van der Waals surface area contributed by atoms with Gasteiger partial charge in [0.2, 0.25) is 0 Å². The molecule has 0 aliphatic heterocycles. The summed E-state index contributed by atoms with van der Waals surface area (Å²) in [5, 5.41) is 5.71. The predicted octanol–water partition coefficient (Wildman–Crippen LogP) is 4.83. The van der Waals surface area contributed by atoms with E-state index < -0.39 is 0 Å². The third-order valence-electron chi connectivity index (χ3n) is 3.63. The van der Waals surface area contributed by atoms with Gasteiger partial charge in [-0.2, -0.15) is 0 Å². The van der Waals surface area contributed by atoms with Gasteiger partial charge in [0.25, 0.3) is 0 Å². The van der Waals surface area contributed by atoms with Gasteiger partial charge in [0, 0.05) is 27.7 Å². The van der Waals surface area contributed by atoms with E-state index in [-0.39, 0.29) is 0 Å². The highest BCUT2D eigenvalue weighted by Gasteiger charge is 2.18. The molecule has 1 aromatic carbocycles. The van der Waals surface area contributed by atoms with Crippen LogP contribution in [0.5, 0.6) is 0 Å². The standard InChI is InChI=1S/C16H23ClN2/c1-4-9-18-13(5-2)16-12-10-11(17)7-8-15(12)19-14(16)6-3/h7-8,10,13,18-19H,4-6,9H2,1-3H3. The molecule has 3 heteroatoms. The molecule has 0 radical (unpaired) electrons. The topological polar surface area (TPSA) is 27.8 Å². The van der Waals surface area contributed by atoms with Crippen LogP contribution in [-0.2, 0) is 6.42 Å². The number of halogens is 1. The quantitative estimate of drug-likeness (QED) is 0.778. The lowest BCUT2D eigenvalue weighted by molar-refractivity contribution is 0.518. The van der Waals surface area contributed by atoms with Gasteiger partial charge >= 0.3 is 0 Å². The first-order chi connectivity index (χ1) is 9.21. The zero-order valence-electron chi connectivity index (χ0n) is 12.0. The van der Waals surface area contributed by atoms with E-state index >= 15 is 0 Å². The molecule has 0 spiro atoms. The first-order valence-electron chi connectivity index (χ1n) is 7.24. The molecule has 2 aromatic rings. The van der Waals surface area contributed by atoms with E-state index in [2.05, 4.69) is 43.2 Å². The summed E-state index contributed by atoms with van der Waals surface area (Å²) >= 11 is 6.16. The van der Waals surface area contributed by atoms with Crippen molar-refractivity contribution >= 4 is 22.5 Å². The fourth-order valence-corrected chi connectivity index (χ4v) is 2.86. The van der Waals surface area contributed by atoms with E-state index in [0.717, 1.165) is 30.8 Å². The van der Waals surface area contributed by atoms with Crippen molar-refractivity contribution in [3.8, 4) is 0 Å². The van der Waals surface area contributed by atoms with Crippen molar-refractivity contribution in [2.75, 3.05) is 6.54 Å². The van der Waals surface area contributed by atoms with Gasteiger partial charge < -0.3 is 10.3 Å². The highest BCUT2D eigenvalue weighted by atomic mass is 35.5. The zero-order valence-corrected chi connectivity index (χ0v) is 12.8. The van der Waals surface area contributed by atoms with Crippen LogP contribution in [0.15, 0.2) is 18.2 Å². The van der Waals surface area contributed by atoms with Crippen LogP contribution in [0.2, 0.25) is 5.02 Å². The van der Waals surface area contributed by atoms with Crippen molar-refractivity contribution in [3.05, 3.63) is 34.5 Å². The smallest absolute Gasteiger partial charge is 0.0460 e. The summed E-state index contributed by atoms with van der Waals surface area (Å²) in [6, 6.07) is 6.51. The molecule has 1 aromatic heterocycles. The lowest BCUT2D eigenvalue weighted by Gasteiger charge is -2.18. The third-order valence-corrected chi connectivity index (χ3v) is 3.87. The monoisotopic (exact) mass is 278 g/mol. The van der Waals surface area contributed by atoms with E-state index in [1.165, 1.54) is 22.2 Å². The van der Waals surface area contributed by atoms with Crippen molar-refractivity contribution in [2.24, 2.45) is 0 Å². The molecule has 1 atom stereocenters. The number of benzene rings is 1. The zero-order chi connectivity index (χ0) is 13.8. The van der Waals surface area contributed by atoms with Crippen molar-refractivity contribution in [3.63, 3.8) is 0 Å². The van der Waals surface area contributed by atoms with Gasteiger partial charge in [-0.15, -0.1) is 0 Å². The Morgan fingerprint density at radius 2 is 2.05 bits per heavy atom. The predicted molar refractivity (Wildman–Crippen MR) is 84.0 cm³/mol. The van der Waals surface area contributed by atoms with E-state index in [4.69, 9.17) is 11.6 Å². The van der Waals surface area contributed by atoms with Crippen LogP contribution in [0.3, 0.4) is 0 Å². The summed E-state index contributed by atoms with van der Waals surface area (Å²) in [5.41, 5.74) is 3.91. The van der Waals surface area contributed by atoms with Crippen LogP contribution in [0, 0.1) is 0 Å². The van der Waals surface area contributed by atoms with Gasteiger partial charge in [0.05, 0.1) is 0 Å². The number of rotatable bonds is 6. The van der Waals surface area contributed by atoms with E-state index in [0.29, 0.717) is 6.04 Å². The first kappa shape index (κ1) is 14.4. The maximum atomic E-state index is 6.16. The first-order valence-corrected chi connectivity index (χ1v) is 7.62. The number of H-pyrrole nitrogens is 1. The Hall–Kier alpha value is -0.990. The Morgan fingerprint density at radius 1 is 1.26 bits per heavy atom. The molecule has 2 rings (SSSR count). The fourth-order valence-electron chi connectivity index (χ4n) is 2.69. The second-order valence-electron chi connectivity index (χ2n) is 4.98. The van der Waals surface area contributed by atoms with E-state index in [1.807, 2.05) is 6.07 Å². The summed E-state index contributed by atoms with van der Waals surface area (Å²) in [4.78, 5) is 3.53. The molecule has 0 fully saturated rings. The Labute approximate surface area is 120 Å². The summed E-state index contributed by atoms with van der Waals surface area (Å²) in [6.07, 6.45) is 3.26. The highest BCUT2D eigenvalue weighted by molar-refractivity contribution is 6.31. The number of aryl methyl sites for hydroxylation is 1. The fraction of sp³-hybridized carbons (Fsp3) is 0.500. The minimum atomic E-state index is 0.405. The van der Waals surface area contributed by atoms with Crippen LogP contribution in [0.25, 0.3) is 10.9 Å². The maximum Gasteiger partial charge on any atom is 0.0460 e. The number of hydrogen-bond donors (Lipinski definition) is 2. The third kappa shape index (κ3) is 2.96. The molecule has 19 heavy (non-hydrogen) atoms. The SMILES string of the molecule is CCCNC(CC)c1c(CC)[nH]c2ccc(Cl)cc12. The minimum absolute atomic E-state index is 0.405. The van der Waals surface area contributed by atoms with Crippen molar-refractivity contribution in [1.82, 2.24) is 10.3 Å². The number of nitrogens with one attached hydrogen (secondary N) is 2. The van der Waals surface area contributed by atoms with Gasteiger partial charge in [0.1, 0.15) is 0 Å². The molecular weight excluding hydrogens is 256 g/mol. The molecule has 0 amide bonds. The van der Waals surface area contributed by atoms with Gasteiger partial charge in [-0.3, -0.25) is 0 Å². The van der Waals surface area contributed by atoms with Gasteiger partial charge in [-0.05, 0) is 49.6 Å². The molecule has 0 bridgehead atoms. The summed E-state index contributed by atoms with van der Waals surface area (Å²) in [6.45, 7) is 7.68. The second-order valence-corrected chi connectivity index (χ2v) is 5.41. The molecule has 2 N–H and O–H groups in total. The number of hydrogen-bond acceptors (Lipinski definition) is 1. The molecule has 0 saturated heterocycles. The number of aromatic nitrogens is 1. The van der Waals surface area contributed by atoms with Crippen molar-refractivity contribution in [1.29, 1.82) is 0 Å². The van der Waals surface area contributed by atoms with Crippen LogP contribution < -0.4 is 5.32 Å². The molecular formula is C16H23ClN2. The van der Waals surface area contributed by atoms with Crippen LogP contribution in [0.1, 0.15) is 50.9 Å². The van der Waals surface area contributed by atoms with Gasteiger partial charge in [-0.25, -0.2) is 0 Å². The van der Waals surface area contributed by atoms with Gasteiger partial charge in [0.15, 0.2) is 0 Å². The minimum Gasteiger partial charge on any atom is -0.358 e. The Kier molecular flexibility index (Phi) is 4.89. The summed E-state index contributed by atoms with van der Waals surface area (Å²) in [5.74, 6) is 0. The molecule has 1 unspecified atom stereocenters. The average molecular weight is 279 g/mol. The van der Waals surface area contributed by atoms with E-state index in [9.17, 15) is 0 Å². The average Bonchev–Trinajstić information content (AvgIpc) is 2.78. The lowest BCUT2D eigenvalue weighted by atomic mass is 9.99. The van der Waals surface area contributed by atoms with Crippen LogP contribution in [0.4, 0.5) is 0 Å². The second kappa shape index (κ2) is 6.44. The molecule has 104 valence electrons. The van der Waals surface area contributed by atoms with Crippen molar-refractivity contribution in [2.45, 2.75) is 46.1 Å². The normalized spacial score (nSPS) is 13.1. The summed E-state index contributed by atoms with van der Waals surface area (Å²) in [7, 11) is 0. The number of fused-ring (bicyclic) bond motifs is 1. The largest absolute Gasteiger partial charge is 0.358 e. The van der Waals surface area contributed by atoms with Crippen molar-refractivity contribution < 1.29 is 0 Å². The van der Waals surface area contributed by atoms with Gasteiger partial charge in [-0.1, -0.05) is 32.4 Å². The van der Waals surface area contributed by atoms with Crippen LogP contribution in [-0.4, -0.2) is 11.5 Å². The Morgan fingerprint density at radius 3 is 2.68 bits per heavy atom. The van der Waals surface area contributed by atoms with E-state index in [1.54, 1.807) is 0 Å². The maximum absolute atomic E-state index is 6.16. The molecule has 1 heterocycles. The summed E-state index contributed by atoms with van der Waals surface area (Å²) < 4.78 is 0. The molecule has 2 nitrogen and oxygen atoms in total. The Balaban J connectivity index is 2.51. The Bertz CT molecular complexity index is 545. The highest BCUT2D eigenvalue weighted by Crippen LogP contribution is 2.32. The lowest BCUT2D eigenvalue weighted by Crippen LogP contribution is -2.22. The molecule has 0 aliphatic rings. The van der Waals surface area contributed by atoms with Crippen LogP contribution >= 0.6 is 11.6 Å². The number of aromatic amines is 1. The molecule has 0 saturated carbocycles. The molecule has 0 aliphatic carbocycles.